The van der Waals surface area contributed by atoms with Gasteiger partial charge in [0.1, 0.15) is 11.9 Å². The van der Waals surface area contributed by atoms with Crippen LogP contribution >= 0.6 is 23.2 Å². The number of nitrogens with one attached hydrogen (secondary N) is 4. The number of rotatable bonds is 6. The molecule has 0 radical (unpaired) electrons. The van der Waals surface area contributed by atoms with Gasteiger partial charge in [0.05, 0.1) is 10.0 Å². The second-order valence-corrected chi connectivity index (χ2v) is 13.5. The minimum absolute atomic E-state index is 0.00667. The number of carbonyl (C=O) groups excluding carboxylic acids is 2. The van der Waals surface area contributed by atoms with Crippen molar-refractivity contribution in [1.29, 1.82) is 0 Å². The smallest absolute Gasteiger partial charge is 0.418 e. The molecule has 1 saturated carbocycles. The molecule has 2 aromatic carbocycles. The third kappa shape index (κ3) is 7.50. The van der Waals surface area contributed by atoms with Gasteiger partial charge in [-0.25, -0.2) is 23.9 Å². The number of fused-ring (bicyclic) bond motifs is 2. The Labute approximate surface area is 286 Å². The normalized spacial score (nSPS) is 17.5. The first kappa shape index (κ1) is 33.1. The summed E-state index contributed by atoms with van der Waals surface area (Å²) in [5.74, 6) is 0.759. The maximum atomic E-state index is 12.7. The summed E-state index contributed by atoms with van der Waals surface area (Å²) >= 11 is 12.0. The second-order valence-electron chi connectivity index (χ2n) is 12.7. The Kier molecular flexibility index (Phi) is 9.21. The Balaban J connectivity index is 1.18. The van der Waals surface area contributed by atoms with Crippen LogP contribution in [0.4, 0.5) is 43.2 Å². The maximum absolute atomic E-state index is 12.7. The SMILES string of the molecule is CC(C)(C)OC(=O)N[C@H]1CC[C@H](Nc2nc(N3CCc4cc(NC(=O)Nc5ccc(Cl)c(Cl)c5)ccc43)c3ncn(C(=O)O)c3n2)CC1. The predicted molar refractivity (Wildman–Crippen MR) is 184 cm³/mol. The summed E-state index contributed by atoms with van der Waals surface area (Å²) in [6.07, 6.45) is 3.20. The van der Waals surface area contributed by atoms with Gasteiger partial charge in [0.25, 0.3) is 0 Å². The number of alkyl carbamates (subject to hydrolysis) is 1. The molecule has 0 bridgehead atoms. The van der Waals surface area contributed by atoms with Gasteiger partial charge in [-0.2, -0.15) is 9.97 Å². The van der Waals surface area contributed by atoms with Gasteiger partial charge in [-0.1, -0.05) is 23.2 Å². The molecule has 14 nitrogen and oxygen atoms in total. The van der Waals surface area contributed by atoms with Gasteiger partial charge in [0.15, 0.2) is 17.0 Å². The summed E-state index contributed by atoms with van der Waals surface area (Å²) in [7, 11) is 0. The van der Waals surface area contributed by atoms with E-state index in [1.54, 1.807) is 24.3 Å². The number of ether oxygens (including phenoxy) is 1. The number of imidazole rings is 1. The van der Waals surface area contributed by atoms with Gasteiger partial charge in [-0.15, -0.1) is 0 Å². The number of hydrogen-bond acceptors (Lipinski definition) is 9. The zero-order valence-corrected chi connectivity index (χ0v) is 28.0. The van der Waals surface area contributed by atoms with Crippen LogP contribution in [0.15, 0.2) is 42.7 Å². The molecule has 5 N–H and O–H groups in total. The van der Waals surface area contributed by atoms with E-state index in [0.29, 0.717) is 45.7 Å². The molecule has 1 aliphatic heterocycles. The van der Waals surface area contributed by atoms with Crippen LogP contribution in [0.3, 0.4) is 0 Å². The monoisotopic (exact) mass is 695 g/mol. The van der Waals surface area contributed by atoms with Gasteiger partial charge < -0.3 is 36.0 Å². The average molecular weight is 697 g/mol. The van der Waals surface area contributed by atoms with Crippen molar-refractivity contribution in [3.05, 3.63) is 58.3 Å². The highest BCUT2D eigenvalue weighted by Crippen LogP contribution is 2.38. The Morgan fingerprint density at radius 3 is 2.31 bits per heavy atom. The van der Waals surface area contributed by atoms with Crippen LogP contribution in [0.5, 0.6) is 0 Å². The summed E-state index contributed by atoms with van der Waals surface area (Å²) in [6.45, 7) is 6.04. The molecule has 6 rings (SSSR count). The molecule has 3 heterocycles. The molecule has 16 heteroatoms. The molecule has 2 aliphatic rings. The molecule has 1 fully saturated rings. The molecule has 0 spiro atoms. The number of anilines is 5. The number of benzene rings is 2. The van der Waals surface area contributed by atoms with Crippen molar-refractivity contribution in [2.24, 2.45) is 0 Å². The number of aromatic nitrogens is 4. The molecule has 0 atom stereocenters. The predicted octanol–water partition coefficient (Wildman–Crippen LogP) is 7.25. The van der Waals surface area contributed by atoms with Gasteiger partial charge in [-0.3, -0.25) is 0 Å². The molecule has 2 aromatic heterocycles. The van der Waals surface area contributed by atoms with E-state index in [1.165, 1.54) is 6.33 Å². The maximum Gasteiger partial charge on any atom is 0.418 e. The zero-order valence-electron chi connectivity index (χ0n) is 26.5. The van der Waals surface area contributed by atoms with Crippen molar-refractivity contribution in [1.82, 2.24) is 24.8 Å². The quantitative estimate of drug-likeness (QED) is 0.138. The summed E-state index contributed by atoms with van der Waals surface area (Å²) in [4.78, 5) is 52.6. The van der Waals surface area contributed by atoms with E-state index < -0.39 is 23.8 Å². The summed E-state index contributed by atoms with van der Waals surface area (Å²) < 4.78 is 6.37. The molecule has 252 valence electrons. The van der Waals surface area contributed by atoms with Gasteiger partial charge >= 0.3 is 18.2 Å². The minimum Gasteiger partial charge on any atom is -0.464 e. The van der Waals surface area contributed by atoms with E-state index in [-0.39, 0.29) is 23.7 Å². The number of urea groups is 1. The molecule has 3 amide bonds. The molecular formula is C32H35Cl2N9O5. The van der Waals surface area contributed by atoms with Gasteiger partial charge in [0, 0.05) is 35.7 Å². The van der Waals surface area contributed by atoms with E-state index >= 15 is 0 Å². The number of carbonyl (C=O) groups is 3. The Morgan fingerprint density at radius 2 is 1.62 bits per heavy atom. The van der Waals surface area contributed by atoms with Crippen molar-refractivity contribution < 1.29 is 24.2 Å². The Bertz CT molecular complexity index is 1890. The van der Waals surface area contributed by atoms with Crippen molar-refractivity contribution in [2.45, 2.75) is 70.6 Å². The number of amides is 3. The van der Waals surface area contributed by atoms with Crippen LogP contribution in [0.2, 0.25) is 10.0 Å². The lowest BCUT2D eigenvalue weighted by molar-refractivity contribution is 0.0492. The fraction of sp³-hybridized carbons (Fsp3) is 0.375. The van der Waals surface area contributed by atoms with Crippen LogP contribution in [0, 0.1) is 0 Å². The lowest BCUT2D eigenvalue weighted by Crippen LogP contribution is -2.42. The topological polar surface area (TPSA) is 176 Å². The summed E-state index contributed by atoms with van der Waals surface area (Å²) in [5, 5.41) is 22.5. The van der Waals surface area contributed by atoms with Crippen molar-refractivity contribution in [3.8, 4) is 0 Å². The van der Waals surface area contributed by atoms with Crippen LogP contribution in [-0.2, 0) is 11.2 Å². The highest BCUT2D eigenvalue weighted by atomic mass is 35.5. The van der Waals surface area contributed by atoms with E-state index in [9.17, 15) is 19.5 Å². The number of halogens is 2. The Morgan fingerprint density at radius 1 is 0.938 bits per heavy atom. The van der Waals surface area contributed by atoms with E-state index in [2.05, 4.69) is 31.2 Å². The zero-order chi connectivity index (χ0) is 34.2. The lowest BCUT2D eigenvalue weighted by Gasteiger charge is -2.30. The Hall–Kier alpha value is -4.82. The van der Waals surface area contributed by atoms with Crippen molar-refractivity contribution >= 4 is 81.4 Å². The fourth-order valence-corrected chi connectivity index (χ4v) is 6.18. The largest absolute Gasteiger partial charge is 0.464 e. The van der Waals surface area contributed by atoms with Gasteiger partial charge in [0.2, 0.25) is 5.95 Å². The fourth-order valence-electron chi connectivity index (χ4n) is 5.88. The first-order valence-corrected chi connectivity index (χ1v) is 16.3. The summed E-state index contributed by atoms with van der Waals surface area (Å²) in [5.41, 5.74) is 2.86. The van der Waals surface area contributed by atoms with Gasteiger partial charge in [-0.05, 0) is 94.8 Å². The first-order valence-electron chi connectivity index (χ1n) is 15.5. The highest BCUT2D eigenvalue weighted by molar-refractivity contribution is 6.42. The molecule has 0 saturated heterocycles. The van der Waals surface area contributed by atoms with Crippen LogP contribution in [0.25, 0.3) is 11.2 Å². The van der Waals surface area contributed by atoms with Crippen LogP contribution in [0.1, 0.15) is 52.0 Å². The molecule has 1 aliphatic carbocycles. The molecular weight excluding hydrogens is 661 g/mol. The number of nitrogens with zero attached hydrogens (tertiary/aromatic N) is 5. The number of carboxylic acid groups (broad SMARTS) is 1. The standard InChI is InChI=1S/C32H35Cl2N9O5/c1-32(2,3)48-30(45)39-19-6-4-18(5-7-19)36-28-40-26(25-27(41-28)43(16-35-25)31(46)47)42-13-12-17-14-20(9-11-24(17)42)37-29(44)38-21-8-10-22(33)23(34)15-21/h8-11,14-16,18-19H,4-7,12-13H2,1-3H3,(H,39,45)(H,46,47)(H,36,40,41)(H2,37,38,44)/t18-,19-. The second kappa shape index (κ2) is 13.4. The van der Waals surface area contributed by atoms with E-state index in [4.69, 9.17) is 32.9 Å². The third-order valence-corrected chi connectivity index (χ3v) is 8.77. The highest BCUT2D eigenvalue weighted by Gasteiger charge is 2.29. The van der Waals surface area contributed by atoms with Crippen molar-refractivity contribution in [2.75, 3.05) is 27.4 Å². The lowest BCUT2D eigenvalue weighted by atomic mass is 9.91. The molecule has 0 unspecified atom stereocenters. The van der Waals surface area contributed by atoms with Crippen LogP contribution < -0.4 is 26.2 Å². The van der Waals surface area contributed by atoms with Crippen molar-refractivity contribution in [3.63, 3.8) is 0 Å². The van der Waals surface area contributed by atoms with Crippen LogP contribution in [-0.4, -0.2) is 67.1 Å². The van der Waals surface area contributed by atoms with E-state index in [1.807, 2.05) is 37.8 Å². The number of hydrogen-bond donors (Lipinski definition) is 5. The summed E-state index contributed by atoms with van der Waals surface area (Å²) in [6, 6.07) is 9.94. The molecule has 48 heavy (non-hydrogen) atoms. The molecule has 4 aromatic rings. The minimum atomic E-state index is -1.21. The first-order chi connectivity index (χ1) is 22.8. The average Bonchev–Trinajstić information content (AvgIpc) is 3.63. The third-order valence-electron chi connectivity index (χ3n) is 8.03. The van der Waals surface area contributed by atoms with E-state index in [0.717, 1.165) is 41.5 Å².